The molecular formula is C47H35N7. The number of rotatable bonds is 6. The van der Waals surface area contributed by atoms with Crippen molar-refractivity contribution in [3.63, 3.8) is 0 Å². The highest BCUT2D eigenvalue weighted by atomic mass is 15.1. The Balaban J connectivity index is 1.33. The molecule has 0 atom stereocenters. The van der Waals surface area contributed by atoms with Gasteiger partial charge in [0.05, 0.1) is 39.1 Å². The molecule has 0 N–H and O–H groups in total. The predicted molar refractivity (Wildman–Crippen MR) is 219 cm³/mol. The maximum atomic E-state index is 5.34. The van der Waals surface area contributed by atoms with Crippen molar-refractivity contribution in [2.24, 2.45) is 0 Å². The zero-order valence-corrected chi connectivity index (χ0v) is 30.1. The third-order valence-corrected chi connectivity index (χ3v) is 10.3. The second-order valence-electron chi connectivity index (χ2n) is 13.8. The van der Waals surface area contributed by atoms with E-state index in [9.17, 15) is 0 Å². The van der Waals surface area contributed by atoms with E-state index in [4.69, 9.17) is 19.9 Å². The molecule has 0 saturated carbocycles. The molecule has 0 radical (unpaired) electrons. The fraction of sp³-hybridized carbons (Fsp3) is 0.0638. The van der Waals surface area contributed by atoms with Gasteiger partial charge in [0.15, 0.2) is 5.65 Å². The van der Waals surface area contributed by atoms with Crippen LogP contribution < -0.4 is 0 Å². The lowest BCUT2D eigenvalue weighted by Gasteiger charge is -2.17. The van der Waals surface area contributed by atoms with Gasteiger partial charge in [0.25, 0.3) is 0 Å². The fourth-order valence-electron chi connectivity index (χ4n) is 7.72. The van der Waals surface area contributed by atoms with E-state index in [1.165, 1.54) is 0 Å². The summed E-state index contributed by atoms with van der Waals surface area (Å²) in [6.07, 6.45) is 1.83. The van der Waals surface area contributed by atoms with Crippen molar-refractivity contribution < 1.29 is 0 Å². The Morgan fingerprint density at radius 3 is 1.22 bits per heavy atom. The summed E-state index contributed by atoms with van der Waals surface area (Å²) in [5.41, 5.74) is 15.0. The molecule has 0 aliphatic rings. The van der Waals surface area contributed by atoms with Crippen molar-refractivity contribution in [2.45, 2.75) is 20.8 Å². The lowest BCUT2D eigenvalue weighted by molar-refractivity contribution is 1.06. The van der Waals surface area contributed by atoms with Gasteiger partial charge >= 0.3 is 0 Å². The zero-order valence-electron chi connectivity index (χ0n) is 30.1. The molecule has 54 heavy (non-hydrogen) atoms. The van der Waals surface area contributed by atoms with Crippen LogP contribution in [0.3, 0.4) is 0 Å². The molecular weight excluding hydrogens is 663 g/mol. The lowest BCUT2D eigenvalue weighted by atomic mass is 10.0. The first kappa shape index (κ1) is 31.6. The highest BCUT2D eigenvalue weighted by Crippen LogP contribution is 2.39. The van der Waals surface area contributed by atoms with Gasteiger partial charge < -0.3 is 0 Å². The molecule has 4 aromatic heterocycles. The Morgan fingerprint density at radius 1 is 0.370 bits per heavy atom. The monoisotopic (exact) mass is 697 g/mol. The molecule has 7 nitrogen and oxygen atoms in total. The van der Waals surface area contributed by atoms with E-state index in [1.807, 2.05) is 30.5 Å². The van der Waals surface area contributed by atoms with Gasteiger partial charge in [-0.3, -0.25) is 13.7 Å². The number of hydrogen-bond acceptors (Lipinski definition) is 4. The predicted octanol–water partition coefficient (Wildman–Crippen LogP) is 11.0. The molecule has 0 amide bonds. The van der Waals surface area contributed by atoms with Gasteiger partial charge in [-0.2, -0.15) is 0 Å². The van der Waals surface area contributed by atoms with Crippen LogP contribution in [0.4, 0.5) is 0 Å². The van der Waals surface area contributed by atoms with Crippen molar-refractivity contribution in [1.29, 1.82) is 0 Å². The molecule has 0 unspecified atom stereocenters. The molecule has 0 aliphatic heterocycles. The van der Waals surface area contributed by atoms with E-state index < -0.39 is 0 Å². The van der Waals surface area contributed by atoms with E-state index in [0.717, 1.165) is 101 Å². The van der Waals surface area contributed by atoms with Gasteiger partial charge in [0.2, 0.25) is 0 Å². The van der Waals surface area contributed by atoms with Gasteiger partial charge in [-0.15, -0.1) is 0 Å². The Kier molecular flexibility index (Phi) is 7.33. The molecule has 7 heteroatoms. The van der Waals surface area contributed by atoms with Crippen molar-refractivity contribution >= 4 is 33.2 Å². The summed E-state index contributed by atoms with van der Waals surface area (Å²) in [5, 5.41) is 0. The summed E-state index contributed by atoms with van der Waals surface area (Å²) < 4.78 is 6.75. The van der Waals surface area contributed by atoms with Crippen molar-refractivity contribution in [2.75, 3.05) is 0 Å². The maximum absolute atomic E-state index is 5.34. The maximum Gasteiger partial charge on any atom is 0.164 e. The van der Waals surface area contributed by atoms with E-state index >= 15 is 0 Å². The van der Waals surface area contributed by atoms with E-state index in [-0.39, 0.29) is 0 Å². The third-order valence-electron chi connectivity index (χ3n) is 10.3. The highest BCUT2D eigenvalue weighted by Gasteiger charge is 2.23. The zero-order chi connectivity index (χ0) is 36.3. The van der Waals surface area contributed by atoms with Crippen LogP contribution in [0.2, 0.25) is 0 Å². The largest absolute Gasteiger partial charge is 0.292 e. The molecule has 0 aliphatic carbocycles. The van der Waals surface area contributed by atoms with Crippen LogP contribution in [0.1, 0.15) is 16.7 Å². The van der Waals surface area contributed by atoms with E-state index in [1.54, 1.807) is 0 Å². The van der Waals surface area contributed by atoms with Gasteiger partial charge in [-0.1, -0.05) is 78.9 Å². The van der Waals surface area contributed by atoms with Gasteiger partial charge in [-0.05, 0) is 110 Å². The van der Waals surface area contributed by atoms with Crippen LogP contribution in [0.25, 0.3) is 84.5 Å². The molecule has 6 aromatic carbocycles. The minimum Gasteiger partial charge on any atom is -0.292 e. The minimum atomic E-state index is 0.790. The van der Waals surface area contributed by atoms with Gasteiger partial charge in [0.1, 0.15) is 23.0 Å². The summed E-state index contributed by atoms with van der Waals surface area (Å²) in [6, 6.07) is 52.7. The SMILES string of the molecule is Cc1ccccc1-n1c(-c2cc(-c3nc4ccccc4n3-c3ccccc3C)cc(-c3nc4cccnc4n3-c3ccccc3C)c2)nc2ccccc21. The second kappa shape index (κ2) is 12.5. The smallest absolute Gasteiger partial charge is 0.164 e. The van der Waals surface area contributed by atoms with Crippen LogP contribution in [0.15, 0.2) is 158 Å². The molecule has 0 spiro atoms. The second-order valence-corrected chi connectivity index (χ2v) is 13.8. The summed E-state index contributed by atoms with van der Waals surface area (Å²) >= 11 is 0. The van der Waals surface area contributed by atoms with Crippen molar-refractivity contribution in [3.05, 3.63) is 175 Å². The standard InChI is InChI=1S/C47H35N7/c1-30-15-4-9-21-39(30)52-42-24-12-7-18-36(42)49-44(52)33-27-34(45-50-37-19-8-13-25-43(37)53(45)40-22-10-5-16-31(40)2)29-35(28-33)46-51-38-20-14-26-48-47(38)54(46)41-23-11-6-17-32(41)3/h4-29H,1-3H3. The van der Waals surface area contributed by atoms with Crippen LogP contribution in [-0.4, -0.2) is 33.6 Å². The topological polar surface area (TPSA) is 66.3 Å². The normalized spacial score (nSPS) is 11.6. The average molecular weight is 698 g/mol. The summed E-state index contributed by atoms with van der Waals surface area (Å²) in [4.78, 5) is 20.8. The molecule has 258 valence electrons. The molecule has 10 aromatic rings. The number of pyridine rings is 1. The summed E-state index contributed by atoms with van der Waals surface area (Å²) in [7, 11) is 0. The molecule has 0 bridgehead atoms. The van der Waals surface area contributed by atoms with Gasteiger partial charge in [-0.25, -0.2) is 19.9 Å². The summed E-state index contributed by atoms with van der Waals surface area (Å²) in [5.74, 6) is 2.46. The van der Waals surface area contributed by atoms with Crippen LogP contribution >= 0.6 is 0 Å². The molecule has 0 fully saturated rings. The average Bonchev–Trinajstić information content (AvgIpc) is 3.91. The quantitative estimate of drug-likeness (QED) is 0.173. The molecule has 4 heterocycles. The summed E-state index contributed by atoms with van der Waals surface area (Å²) in [6.45, 7) is 6.43. The minimum absolute atomic E-state index is 0.790. The Hall–Kier alpha value is -7.12. The number of benzene rings is 6. The van der Waals surface area contributed by atoms with Crippen LogP contribution in [0, 0.1) is 20.8 Å². The fourth-order valence-corrected chi connectivity index (χ4v) is 7.72. The van der Waals surface area contributed by atoms with Crippen molar-refractivity contribution in [1.82, 2.24) is 33.6 Å². The van der Waals surface area contributed by atoms with Crippen molar-refractivity contribution in [3.8, 4) is 51.2 Å². The highest BCUT2D eigenvalue weighted by molar-refractivity contribution is 5.90. The number of hydrogen-bond donors (Lipinski definition) is 0. The number of aryl methyl sites for hydroxylation is 3. The van der Waals surface area contributed by atoms with E-state index in [2.05, 4.69) is 162 Å². The first-order valence-electron chi connectivity index (χ1n) is 18.2. The Labute approximate surface area is 312 Å². The lowest BCUT2D eigenvalue weighted by Crippen LogP contribution is -2.04. The first-order chi connectivity index (χ1) is 26.5. The van der Waals surface area contributed by atoms with E-state index in [0.29, 0.717) is 0 Å². The third kappa shape index (κ3) is 5.04. The van der Waals surface area contributed by atoms with Crippen LogP contribution in [-0.2, 0) is 0 Å². The number of nitrogens with zero attached hydrogens (tertiary/aromatic N) is 7. The number of para-hydroxylation sites is 7. The Bertz CT molecular complexity index is 2710. The first-order valence-corrected chi connectivity index (χ1v) is 18.2. The number of fused-ring (bicyclic) bond motifs is 3. The molecule has 10 rings (SSSR count). The Morgan fingerprint density at radius 2 is 0.741 bits per heavy atom. The molecule has 0 saturated heterocycles. The number of aromatic nitrogens is 7. The van der Waals surface area contributed by atoms with Crippen LogP contribution in [0.5, 0.6) is 0 Å². The number of imidazole rings is 3. The van der Waals surface area contributed by atoms with Gasteiger partial charge in [0, 0.05) is 22.9 Å².